The molecule has 7 heteroatoms. The van der Waals surface area contributed by atoms with Crippen LogP contribution in [0.2, 0.25) is 0 Å². The van der Waals surface area contributed by atoms with Crippen LogP contribution in [0.1, 0.15) is 78.2 Å². The van der Waals surface area contributed by atoms with Crippen LogP contribution in [0.4, 0.5) is 4.79 Å². The minimum Gasteiger partial charge on any atom is -0.444 e. The average molecular weight is 524 g/mol. The number of methoxy groups -OCH3 is 1. The van der Waals surface area contributed by atoms with Crippen molar-refractivity contribution in [1.29, 1.82) is 0 Å². The van der Waals surface area contributed by atoms with Crippen molar-refractivity contribution in [2.75, 3.05) is 26.7 Å². The first-order valence-corrected chi connectivity index (χ1v) is 14.2. The molecule has 4 rings (SSSR count). The van der Waals surface area contributed by atoms with Crippen LogP contribution in [-0.4, -0.2) is 66.0 Å². The van der Waals surface area contributed by atoms with Gasteiger partial charge in [0.05, 0.1) is 11.6 Å². The van der Waals surface area contributed by atoms with E-state index in [9.17, 15) is 9.59 Å². The van der Waals surface area contributed by atoms with Crippen LogP contribution in [0.15, 0.2) is 42.5 Å². The fourth-order valence-corrected chi connectivity index (χ4v) is 6.47. The Morgan fingerprint density at radius 2 is 1.76 bits per heavy atom. The van der Waals surface area contributed by atoms with Gasteiger partial charge in [0, 0.05) is 38.6 Å². The Balaban J connectivity index is 1.60. The van der Waals surface area contributed by atoms with Crippen LogP contribution in [0.3, 0.4) is 0 Å². The molecule has 2 aliphatic rings. The smallest absolute Gasteiger partial charge is 0.407 e. The number of hydrogen-bond acceptors (Lipinski definition) is 5. The van der Waals surface area contributed by atoms with Crippen LogP contribution in [0.5, 0.6) is 0 Å². The lowest BCUT2D eigenvalue weighted by atomic mass is 9.84. The standard InChI is InChI=1S/C31H45N3O4/c1-7-31(8-2,37-6)27-14-11-18-33(27)34-19-17-25(28(34)35)26(21-32-29(36)38-30(3,4)5)24-16-15-22-12-9-10-13-23(22)20-24/h9-10,12-13,15-16,20,25-27H,7-8,11,14,17-19,21H2,1-6H3,(H,32,36)/t25-,26+,27+/m1/s1. The quantitative estimate of drug-likeness (QED) is 0.444. The third-order valence-electron chi connectivity index (χ3n) is 8.52. The van der Waals surface area contributed by atoms with Crippen molar-refractivity contribution in [3.05, 3.63) is 48.0 Å². The summed E-state index contributed by atoms with van der Waals surface area (Å²) in [6, 6.07) is 14.8. The second-order valence-corrected chi connectivity index (χ2v) is 11.7. The highest BCUT2D eigenvalue weighted by molar-refractivity contribution is 5.85. The second kappa shape index (κ2) is 11.6. The summed E-state index contributed by atoms with van der Waals surface area (Å²) >= 11 is 0. The Bertz CT molecular complexity index is 1120. The lowest BCUT2D eigenvalue weighted by molar-refractivity contribution is -0.162. The van der Waals surface area contributed by atoms with Crippen LogP contribution in [0, 0.1) is 5.92 Å². The molecule has 2 amide bonds. The predicted molar refractivity (Wildman–Crippen MR) is 151 cm³/mol. The summed E-state index contributed by atoms with van der Waals surface area (Å²) in [5.74, 6) is -0.249. The molecule has 0 radical (unpaired) electrons. The zero-order valence-electron chi connectivity index (χ0n) is 24.0. The molecule has 0 aromatic heterocycles. The Labute approximate surface area is 227 Å². The number of alkyl carbamates (subject to hydrolysis) is 1. The molecule has 2 heterocycles. The van der Waals surface area contributed by atoms with Crippen LogP contribution in [0.25, 0.3) is 10.8 Å². The third kappa shape index (κ3) is 5.84. The Kier molecular flexibility index (Phi) is 8.68. The molecule has 2 aromatic carbocycles. The van der Waals surface area contributed by atoms with Gasteiger partial charge in [-0.3, -0.25) is 9.80 Å². The number of benzene rings is 2. The van der Waals surface area contributed by atoms with E-state index in [1.54, 1.807) is 7.11 Å². The van der Waals surface area contributed by atoms with E-state index in [2.05, 4.69) is 54.5 Å². The van der Waals surface area contributed by atoms with Crippen molar-refractivity contribution in [3.8, 4) is 0 Å². The molecule has 2 fully saturated rings. The minimum atomic E-state index is -0.584. The third-order valence-corrected chi connectivity index (χ3v) is 8.52. The molecule has 208 valence electrons. The van der Waals surface area contributed by atoms with E-state index in [1.807, 2.05) is 37.9 Å². The first-order chi connectivity index (χ1) is 18.1. The van der Waals surface area contributed by atoms with Crippen molar-refractivity contribution in [3.63, 3.8) is 0 Å². The zero-order valence-corrected chi connectivity index (χ0v) is 24.0. The number of hydrogen-bond donors (Lipinski definition) is 1. The molecular weight excluding hydrogens is 478 g/mol. The highest BCUT2D eigenvalue weighted by atomic mass is 16.6. The van der Waals surface area contributed by atoms with Crippen LogP contribution in [-0.2, 0) is 14.3 Å². The average Bonchev–Trinajstić information content (AvgIpc) is 3.52. The maximum absolute atomic E-state index is 14.1. The lowest BCUT2D eigenvalue weighted by Crippen LogP contribution is -2.57. The van der Waals surface area contributed by atoms with E-state index in [-0.39, 0.29) is 29.4 Å². The number of hydrazine groups is 1. The largest absolute Gasteiger partial charge is 0.444 e. The summed E-state index contributed by atoms with van der Waals surface area (Å²) in [6.45, 7) is 11.8. The predicted octanol–water partition coefficient (Wildman–Crippen LogP) is 5.88. The summed E-state index contributed by atoms with van der Waals surface area (Å²) < 4.78 is 11.6. The van der Waals surface area contributed by atoms with E-state index in [4.69, 9.17) is 9.47 Å². The summed E-state index contributed by atoms with van der Waals surface area (Å²) in [5, 5.41) is 9.53. The molecule has 38 heavy (non-hydrogen) atoms. The summed E-state index contributed by atoms with van der Waals surface area (Å²) in [5.41, 5.74) is 0.219. The number of nitrogens with one attached hydrogen (secondary N) is 1. The fraction of sp³-hybridized carbons (Fsp3) is 0.613. The molecule has 3 atom stereocenters. The van der Waals surface area contributed by atoms with E-state index in [0.717, 1.165) is 55.0 Å². The maximum atomic E-state index is 14.1. The maximum Gasteiger partial charge on any atom is 0.407 e. The SMILES string of the molecule is CCC(CC)(OC)[C@@H]1CCCN1N1CC[C@H]([C@@H](CNC(=O)OC(C)(C)C)c2ccc3ccccc3c2)C1=O. The Morgan fingerprint density at radius 3 is 2.42 bits per heavy atom. The van der Waals surface area contributed by atoms with Gasteiger partial charge < -0.3 is 14.8 Å². The molecule has 2 aromatic rings. The summed E-state index contributed by atoms with van der Waals surface area (Å²) in [4.78, 5) is 26.7. The molecule has 0 bridgehead atoms. The van der Waals surface area contributed by atoms with Crippen molar-refractivity contribution in [2.45, 2.75) is 89.9 Å². The van der Waals surface area contributed by atoms with Crippen molar-refractivity contribution in [2.24, 2.45) is 5.92 Å². The minimum absolute atomic E-state index is 0.137. The number of carbonyl (C=O) groups excluding carboxylic acids is 2. The number of ether oxygens (including phenoxy) is 2. The highest BCUT2D eigenvalue weighted by Crippen LogP contribution is 2.40. The summed E-state index contributed by atoms with van der Waals surface area (Å²) in [7, 11) is 1.80. The molecule has 7 nitrogen and oxygen atoms in total. The molecule has 0 unspecified atom stereocenters. The number of amides is 2. The van der Waals surface area contributed by atoms with Gasteiger partial charge in [0.15, 0.2) is 0 Å². The van der Waals surface area contributed by atoms with E-state index in [0.29, 0.717) is 13.1 Å². The van der Waals surface area contributed by atoms with E-state index >= 15 is 0 Å². The summed E-state index contributed by atoms with van der Waals surface area (Å²) in [6.07, 6.45) is 4.18. The van der Waals surface area contributed by atoms with Gasteiger partial charge in [-0.05, 0) is 69.2 Å². The first kappa shape index (κ1) is 28.4. The molecule has 2 saturated heterocycles. The van der Waals surface area contributed by atoms with Gasteiger partial charge in [-0.25, -0.2) is 9.80 Å². The van der Waals surface area contributed by atoms with Gasteiger partial charge in [0.2, 0.25) is 5.91 Å². The van der Waals surface area contributed by atoms with Gasteiger partial charge in [-0.1, -0.05) is 56.3 Å². The molecule has 0 saturated carbocycles. The molecule has 0 aliphatic carbocycles. The molecule has 2 aliphatic heterocycles. The van der Waals surface area contributed by atoms with Crippen LogP contribution >= 0.6 is 0 Å². The number of nitrogens with zero attached hydrogens (tertiary/aromatic N) is 2. The lowest BCUT2D eigenvalue weighted by Gasteiger charge is -2.44. The monoisotopic (exact) mass is 523 g/mol. The van der Waals surface area contributed by atoms with E-state index in [1.165, 1.54) is 0 Å². The van der Waals surface area contributed by atoms with Crippen molar-refractivity contribution < 1.29 is 19.1 Å². The number of rotatable bonds is 9. The topological polar surface area (TPSA) is 71.1 Å². The molecule has 0 spiro atoms. The highest BCUT2D eigenvalue weighted by Gasteiger charge is 2.48. The van der Waals surface area contributed by atoms with Gasteiger partial charge in [-0.15, -0.1) is 0 Å². The second-order valence-electron chi connectivity index (χ2n) is 11.7. The van der Waals surface area contributed by atoms with Gasteiger partial charge in [0.25, 0.3) is 0 Å². The van der Waals surface area contributed by atoms with Crippen LogP contribution < -0.4 is 5.32 Å². The van der Waals surface area contributed by atoms with E-state index < -0.39 is 11.7 Å². The molecular formula is C31H45N3O4. The Morgan fingerprint density at radius 1 is 1.05 bits per heavy atom. The molecule has 1 N–H and O–H groups in total. The van der Waals surface area contributed by atoms with Crippen molar-refractivity contribution in [1.82, 2.24) is 15.3 Å². The number of fused-ring (bicyclic) bond motifs is 1. The first-order valence-electron chi connectivity index (χ1n) is 14.2. The van der Waals surface area contributed by atoms with Gasteiger partial charge in [0.1, 0.15) is 5.60 Å². The normalized spacial score (nSPS) is 21.7. The zero-order chi connectivity index (χ0) is 27.5. The number of carbonyl (C=O) groups is 2. The van der Waals surface area contributed by atoms with Crippen molar-refractivity contribution >= 4 is 22.8 Å². The van der Waals surface area contributed by atoms with Gasteiger partial charge in [-0.2, -0.15) is 0 Å². The fourth-order valence-electron chi connectivity index (χ4n) is 6.47. The Hall–Kier alpha value is -2.64. The van der Waals surface area contributed by atoms with Gasteiger partial charge >= 0.3 is 6.09 Å².